The highest BCUT2D eigenvalue weighted by Crippen LogP contribution is 2.68. The van der Waals surface area contributed by atoms with Gasteiger partial charge in [-0.1, -0.05) is 12.8 Å². The summed E-state index contributed by atoms with van der Waals surface area (Å²) in [4.78, 5) is 0. The van der Waals surface area contributed by atoms with E-state index in [1.54, 1.807) is 0 Å². The van der Waals surface area contributed by atoms with Crippen molar-refractivity contribution in [1.29, 1.82) is 0 Å². The molecule has 2 unspecified atom stereocenters. The van der Waals surface area contributed by atoms with Gasteiger partial charge in [0.1, 0.15) is 0 Å². The Kier molecular flexibility index (Phi) is 1.79. The minimum atomic E-state index is -0.136. The Labute approximate surface area is 85.3 Å². The Morgan fingerprint density at radius 1 is 0.929 bits per heavy atom. The molecule has 0 saturated heterocycles. The van der Waals surface area contributed by atoms with E-state index in [9.17, 15) is 10.2 Å². The van der Waals surface area contributed by atoms with E-state index in [0.29, 0.717) is 5.41 Å². The van der Waals surface area contributed by atoms with Crippen molar-refractivity contribution in [2.45, 2.75) is 63.6 Å². The first-order chi connectivity index (χ1) is 6.69. The summed E-state index contributed by atoms with van der Waals surface area (Å²) in [5, 5.41) is 20.0. The van der Waals surface area contributed by atoms with Crippen LogP contribution >= 0.6 is 0 Å². The molecule has 0 spiro atoms. The number of rotatable bonds is 0. The van der Waals surface area contributed by atoms with Crippen LogP contribution in [0.4, 0.5) is 0 Å². The molecule has 3 rings (SSSR count). The van der Waals surface area contributed by atoms with E-state index >= 15 is 0 Å². The van der Waals surface area contributed by atoms with E-state index < -0.39 is 0 Å². The van der Waals surface area contributed by atoms with Crippen molar-refractivity contribution in [3.63, 3.8) is 0 Å². The third-order valence-corrected chi connectivity index (χ3v) is 5.34. The van der Waals surface area contributed by atoms with Crippen LogP contribution in [0, 0.1) is 10.8 Å². The summed E-state index contributed by atoms with van der Waals surface area (Å²) in [5.41, 5.74) is 0.439. The maximum Gasteiger partial charge on any atom is 0.0602 e. The minimum Gasteiger partial charge on any atom is -0.393 e. The van der Waals surface area contributed by atoms with Crippen LogP contribution in [0.3, 0.4) is 0 Å². The third-order valence-electron chi connectivity index (χ3n) is 5.34. The van der Waals surface area contributed by atoms with Gasteiger partial charge < -0.3 is 10.2 Å². The zero-order valence-corrected chi connectivity index (χ0v) is 8.71. The van der Waals surface area contributed by atoms with Crippen LogP contribution in [0.5, 0.6) is 0 Å². The van der Waals surface area contributed by atoms with Gasteiger partial charge in [0.2, 0.25) is 0 Å². The van der Waals surface area contributed by atoms with Gasteiger partial charge in [0.25, 0.3) is 0 Å². The molecule has 3 aliphatic rings. The zero-order chi connectivity index (χ0) is 9.81. The van der Waals surface area contributed by atoms with Gasteiger partial charge >= 0.3 is 0 Å². The van der Waals surface area contributed by atoms with Crippen LogP contribution in [-0.2, 0) is 0 Å². The second-order valence-electron chi connectivity index (χ2n) is 5.76. The summed E-state index contributed by atoms with van der Waals surface area (Å²) >= 11 is 0. The van der Waals surface area contributed by atoms with Crippen LogP contribution in [0.25, 0.3) is 0 Å². The molecule has 2 nitrogen and oxygen atoms in total. The third kappa shape index (κ3) is 0.892. The molecule has 0 aromatic rings. The highest BCUT2D eigenvalue weighted by Gasteiger charge is 2.64. The predicted octanol–water partition coefficient (Wildman–Crippen LogP) is 1.84. The standard InChI is InChI=1S/C12H20O2/c13-9-7-11-4-1-2-5-12(11,8-9)10(14)3-6-11/h9-10,13-14H,1-8H2/t9-,10+,11?,12?/m0/s1. The topological polar surface area (TPSA) is 40.5 Å². The van der Waals surface area contributed by atoms with Crippen molar-refractivity contribution in [3.8, 4) is 0 Å². The number of aliphatic hydroxyl groups is 2. The monoisotopic (exact) mass is 196 g/mol. The summed E-state index contributed by atoms with van der Waals surface area (Å²) in [6, 6.07) is 0. The molecule has 0 radical (unpaired) electrons. The van der Waals surface area contributed by atoms with Crippen LogP contribution in [-0.4, -0.2) is 22.4 Å². The van der Waals surface area contributed by atoms with E-state index in [1.807, 2.05) is 0 Å². The first kappa shape index (κ1) is 9.17. The van der Waals surface area contributed by atoms with Crippen LogP contribution in [0.15, 0.2) is 0 Å². The fourth-order valence-corrected chi connectivity index (χ4v) is 4.81. The van der Waals surface area contributed by atoms with Crippen LogP contribution < -0.4 is 0 Å². The van der Waals surface area contributed by atoms with Crippen molar-refractivity contribution in [2.75, 3.05) is 0 Å². The van der Waals surface area contributed by atoms with Gasteiger partial charge in [-0.2, -0.15) is 0 Å². The Morgan fingerprint density at radius 3 is 2.50 bits per heavy atom. The molecule has 4 atom stereocenters. The number of hydrogen-bond donors (Lipinski definition) is 2. The molecule has 14 heavy (non-hydrogen) atoms. The van der Waals surface area contributed by atoms with Crippen LogP contribution in [0.1, 0.15) is 51.4 Å². The minimum absolute atomic E-state index is 0.116. The van der Waals surface area contributed by atoms with E-state index in [1.165, 1.54) is 19.3 Å². The van der Waals surface area contributed by atoms with Crippen molar-refractivity contribution in [1.82, 2.24) is 0 Å². The molecule has 3 fully saturated rings. The number of hydrogen-bond acceptors (Lipinski definition) is 2. The fraction of sp³-hybridized carbons (Fsp3) is 1.00. The smallest absolute Gasteiger partial charge is 0.0602 e. The molecule has 0 bridgehead atoms. The van der Waals surface area contributed by atoms with Crippen LogP contribution in [0.2, 0.25) is 0 Å². The molecular weight excluding hydrogens is 176 g/mol. The van der Waals surface area contributed by atoms with Gasteiger partial charge in [-0.3, -0.25) is 0 Å². The maximum atomic E-state index is 10.2. The van der Waals surface area contributed by atoms with Crippen molar-refractivity contribution < 1.29 is 10.2 Å². The van der Waals surface area contributed by atoms with E-state index in [-0.39, 0.29) is 17.6 Å². The Bertz CT molecular complexity index is 249. The Hall–Kier alpha value is -0.0800. The summed E-state index contributed by atoms with van der Waals surface area (Å²) in [6.07, 6.45) is 8.68. The van der Waals surface area contributed by atoms with Crippen molar-refractivity contribution >= 4 is 0 Å². The summed E-state index contributed by atoms with van der Waals surface area (Å²) < 4.78 is 0. The Balaban J connectivity index is 2.02. The molecule has 0 aliphatic heterocycles. The highest BCUT2D eigenvalue weighted by atomic mass is 16.3. The second kappa shape index (κ2) is 2.73. The molecule has 2 heteroatoms. The van der Waals surface area contributed by atoms with Gasteiger partial charge in [0.05, 0.1) is 12.2 Å². The molecule has 2 N–H and O–H groups in total. The summed E-state index contributed by atoms with van der Waals surface area (Å²) in [7, 11) is 0. The van der Waals surface area contributed by atoms with Gasteiger partial charge in [0.15, 0.2) is 0 Å². The SMILES string of the molecule is O[C@H]1CC23CCCCC2(C1)[C@H](O)CC3. The predicted molar refractivity (Wildman–Crippen MR) is 53.8 cm³/mol. The van der Waals surface area contributed by atoms with Gasteiger partial charge in [-0.25, -0.2) is 0 Å². The molecule has 3 aliphatic carbocycles. The lowest BCUT2D eigenvalue weighted by Gasteiger charge is -2.46. The normalized spacial score (nSPS) is 57.0. The maximum absolute atomic E-state index is 10.2. The largest absolute Gasteiger partial charge is 0.393 e. The summed E-state index contributed by atoms with van der Waals surface area (Å²) in [6.45, 7) is 0. The van der Waals surface area contributed by atoms with E-state index in [4.69, 9.17) is 0 Å². The van der Waals surface area contributed by atoms with Gasteiger partial charge in [-0.05, 0) is 43.9 Å². The lowest BCUT2D eigenvalue weighted by atomic mass is 9.59. The lowest BCUT2D eigenvalue weighted by molar-refractivity contribution is -0.0372. The second-order valence-corrected chi connectivity index (χ2v) is 5.76. The Morgan fingerprint density at radius 2 is 1.71 bits per heavy atom. The first-order valence-corrected chi connectivity index (χ1v) is 6.05. The van der Waals surface area contributed by atoms with Crippen molar-refractivity contribution in [3.05, 3.63) is 0 Å². The lowest BCUT2D eigenvalue weighted by Crippen LogP contribution is -2.42. The molecule has 80 valence electrons. The zero-order valence-electron chi connectivity index (χ0n) is 8.71. The molecule has 3 saturated carbocycles. The fourth-order valence-electron chi connectivity index (χ4n) is 4.81. The molecule has 0 aromatic heterocycles. The first-order valence-electron chi connectivity index (χ1n) is 6.05. The summed E-state index contributed by atoms with van der Waals surface area (Å²) in [5.74, 6) is 0. The van der Waals surface area contributed by atoms with E-state index in [2.05, 4.69) is 0 Å². The van der Waals surface area contributed by atoms with Gasteiger partial charge in [-0.15, -0.1) is 0 Å². The molecular formula is C12H20O2. The quantitative estimate of drug-likeness (QED) is 0.620. The average molecular weight is 196 g/mol. The average Bonchev–Trinajstić information content (AvgIpc) is 2.60. The van der Waals surface area contributed by atoms with Gasteiger partial charge in [0, 0.05) is 5.41 Å². The van der Waals surface area contributed by atoms with E-state index in [0.717, 1.165) is 32.1 Å². The number of aliphatic hydroxyl groups excluding tert-OH is 2. The van der Waals surface area contributed by atoms with Crippen molar-refractivity contribution in [2.24, 2.45) is 10.8 Å². The molecule has 0 heterocycles. The molecule has 0 amide bonds. The molecule has 0 aromatic carbocycles. The highest BCUT2D eigenvalue weighted by molar-refractivity contribution is 5.14.